The quantitative estimate of drug-likeness (QED) is 0.653. The Morgan fingerprint density at radius 1 is 1.25 bits per heavy atom. The van der Waals surface area contributed by atoms with Gasteiger partial charge in [-0.3, -0.25) is 0 Å². The molecule has 126 valence electrons. The van der Waals surface area contributed by atoms with Crippen LogP contribution in [0.4, 0.5) is 4.39 Å². The molecular weight excluding hydrogens is 345 g/mol. The molecule has 0 aliphatic carbocycles. The average molecular weight is 363 g/mol. The van der Waals surface area contributed by atoms with Crippen LogP contribution in [-0.4, -0.2) is 24.1 Å². The number of aryl methyl sites for hydroxylation is 1. The summed E-state index contributed by atoms with van der Waals surface area (Å²) in [6, 6.07) is 6.64. The van der Waals surface area contributed by atoms with Gasteiger partial charge < -0.3 is 4.57 Å². The fourth-order valence-electron chi connectivity index (χ4n) is 2.24. The number of rotatable bonds is 6. The van der Waals surface area contributed by atoms with E-state index in [1.54, 1.807) is 18.2 Å². The van der Waals surface area contributed by atoms with Crippen molar-refractivity contribution in [3.05, 3.63) is 35.9 Å². The van der Waals surface area contributed by atoms with Crippen molar-refractivity contribution in [1.29, 1.82) is 0 Å². The summed E-state index contributed by atoms with van der Waals surface area (Å²) in [6.07, 6.45) is 0.802. The van der Waals surface area contributed by atoms with E-state index in [-0.39, 0.29) is 5.82 Å². The molecular formula is C16H18FN5S2. The molecule has 5 nitrogen and oxygen atoms in total. The molecule has 1 aromatic carbocycles. The van der Waals surface area contributed by atoms with Gasteiger partial charge in [0.05, 0.1) is 5.56 Å². The van der Waals surface area contributed by atoms with Crippen LogP contribution in [0.15, 0.2) is 33.8 Å². The van der Waals surface area contributed by atoms with Gasteiger partial charge in [-0.2, -0.15) is 4.37 Å². The van der Waals surface area contributed by atoms with Gasteiger partial charge in [-0.1, -0.05) is 32.9 Å². The lowest BCUT2D eigenvalue weighted by Gasteiger charge is -2.12. The highest BCUT2D eigenvalue weighted by molar-refractivity contribution is 8.00. The van der Waals surface area contributed by atoms with Crippen molar-refractivity contribution in [2.24, 2.45) is 5.92 Å². The third kappa shape index (κ3) is 3.64. The van der Waals surface area contributed by atoms with Gasteiger partial charge in [0.25, 0.3) is 0 Å². The van der Waals surface area contributed by atoms with Crippen LogP contribution in [-0.2, 0) is 13.0 Å². The van der Waals surface area contributed by atoms with Crippen molar-refractivity contribution >= 4 is 23.3 Å². The predicted octanol–water partition coefficient (Wildman–Crippen LogP) is 4.31. The second kappa shape index (κ2) is 7.40. The van der Waals surface area contributed by atoms with Crippen molar-refractivity contribution in [3.63, 3.8) is 0 Å². The molecule has 3 aromatic rings. The summed E-state index contributed by atoms with van der Waals surface area (Å²) < 4.78 is 21.2. The van der Waals surface area contributed by atoms with E-state index >= 15 is 0 Å². The summed E-state index contributed by atoms with van der Waals surface area (Å²) in [5.41, 5.74) is 0.462. The molecule has 2 aromatic heterocycles. The number of nitrogens with zero attached hydrogens (tertiary/aromatic N) is 5. The molecule has 0 saturated carbocycles. The van der Waals surface area contributed by atoms with Gasteiger partial charge in [-0.25, -0.2) is 9.37 Å². The second-order valence-corrected chi connectivity index (χ2v) is 7.69. The van der Waals surface area contributed by atoms with Gasteiger partial charge in [-0.15, -0.1) is 10.2 Å². The molecule has 0 radical (unpaired) electrons. The van der Waals surface area contributed by atoms with E-state index in [1.165, 1.54) is 29.4 Å². The maximum Gasteiger partial charge on any atom is 0.198 e. The number of halogens is 1. The lowest BCUT2D eigenvalue weighted by Crippen LogP contribution is -2.08. The molecule has 3 rings (SSSR count). The molecule has 0 fully saturated rings. The first kappa shape index (κ1) is 17.0. The molecule has 0 aliphatic rings. The number of hydrogen-bond donors (Lipinski definition) is 0. The Balaban J connectivity index is 1.99. The van der Waals surface area contributed by atoms with E-state index in [2.05, 4.69) is 33.4 Å². The molecule has 0 amide bonds. The van der Waals surface area contributed by atoms with E-state index in [0.717, 1.165) is 16.6 Å². The highest BCUT2D eigenvalue weighted by atomic mass is 32.2. The number of aromatic nitrogens is 5. The first-order chi connectivity index (χ1) is 11.6. The van der Waals surface area contributed by atoms with Crippen molar-refractivity contribution < 1.29 is 4.39 Å². The zero-order valence-electron chi connectivity index (χ0n) is 13.7. The van der Waals surface area contributed by atoms with Crippen LogP contribution in [0.5, 0.6) is 0 Å². The van der Waals surface area contributed by atoms with Crippen LogP contribution in [0.3, 0.4) is 0 Å². The van der Waals surface area contributed by atoms with Gasteiger partial charge >= 0.3 is 0 Å². The van der Waals surface area contributed by atoms with E-state index in [0.29, 0.717) is 29.0 Å². The summed E-state index contributed by atoms with van der Waals surface area (Å²) in [5.74, 6) is 1.46. The fraction of sp³-hybridized carbons (Fsp3) is 0.375. The zero-order valence-corrected chi connectivity index (χ0v) is 15.4. The smallest absolute Gasteiger partial charge is 0.198 e. The molecule has 0 saturated heterocycles. The Kier molecular flexibility index (Phi) is 5.25. The average Bonchev–Trinajstić information content (AvgIpc) is 3.16. The third-order valence-electron chi connectivity index (χ3n) is 3.32. The number of benzene rings is 1. The third-order valence-corrected chi connectivity index (χ3v) is 5.10. The van der Waals surface area contributed by atoms with Crippen LogP contribution in [0, 0.1) is 11.7 Å². The van der Waals surface area contributed by atoms with E-state index in [1.807, 2.05) is 11.5 Å². The minimum Gasteiger partial charge on any atom is -0.301 e. The standard InChI is InChI=1S/C16H18FN5S2/c1-4-13-18-16(24-21-13)23-15-20-19-14(22(15)9-10(2)3)11-7-5-6-8-12(11)17/h5-8,10H,4,9H2,1-3H3. The Hall–Kier alpha value is -1.80. The number of hydrogen-bond acceptors (Lipinski definition) is 6. The molecule has 2 heterocycles. The topological polar surface area (TPSA) is 56.5 Å². The summed E-state index contributed by atoms with van der Waals surface area (Å²) in [6.45, 7) is 6.95. The van der Waals surface area contributed by atoms with E-state index in [9.17, 15) is 4.39 Å². The molecule has 0 N–H and O–H groups in total. The highest BCUT2D eigenvalue weighted by Gasteiger charge is 2.19. The molecule has 8 heteroatoms. The minimum atomic E-state index is -0.296. The van der Waals surface area contributed by atoms with Gasteiger partial charge in [0, 0.05) is 13.0 Å². The normalized spacial score (nSPS) is 11.4. The lowest BCUT2D eigenvalue weighted by atomic mass is 10.2. The van der Waals surface area contributed by atoms with Crippen LogP contribution >= 0.6 is 23.3 Å². The van der Waals surface area contributed by atoms with Crippen LogP contribution in [0.1, 0.15) is 26.6 Å². The van der Waals surface area contributed by atoms with E-state index in [4.69, 9.17) is 0 Å². The van der Waals surface area contributed by atoms with Crippen molar-refractivity contribution in [2.45, 2.75) is 43.2 Å². The molecule has 24 heavy (non-hydrogen) atoms. The van der Waals surface area contributed by atoms with Crippen molar-refractivity contribution in [2.75, 3.05) is 0 Å². The van der Waals surface area contributed by atoms with Crippen molar-refractivity contribution in [1.82, 2.24) is 24.1 Å². The Labute approximate surface area is 148 Å². The molecule has 0 spiro atoms. The minimum absolute atomic E-state index is 0.296. The first-order valence-corrected chi connectivity index (χ1v) is 9.36. The fourth-order valence-corrected chi connectivity index (χ4v) is 3.88. The Bertz CT molecular complexity index is 827. The summed E-state index contributed by atoms with van der Waals surface area (Å²) in [4.78, 5) is 4.46. The largest absolute Gasteiger partial charge is 0.301 e. The monoisotopic (exact) mass is 363 g/mol. The maximum absolute atomic E-state index is 14.2. The Morgan fingerprint density at radius 2 is 2.04 bits per heavy atom. The van der Waals surface area contributed by atoms with E-state index < -0.39 is 0 Å². The maximum atomic E-state index is 14.2. The molecule has 0 aliphatic heterocycles. The van der Waals surface area contributed by atoms with Crippen LogP contribution in [0.25, 0.3) is 11.4 Å². The van der Waals surface area contributed by atoms with Crippen LogP contribution in [0.2, 0.25) is 0 Å². The molecule has 0 bridgehead atoms. The highest BCUT2D eigenvalue weighted by Crippen LogP contribution is 2.32. The SMILES string of the molecule is CCc1nsc(Sc2nnc(-c3ccccc3F)n2CC(C)C)n1. The first-order valence-electron chi connectivity index (χ1n) is 7.77. The van der Waals surface area contributed by atoms with Gasteiger partial charge in [0.1, 0.15) is 11.6 Å². The van der Waals surface area contributed by atoms with Gasteiger partial charge in [-0.05, 0) is 41.3 Å². The molecule has 0 unspecified atom stereocenters. The summed E-state index contributed by atoms with van der Waals surface area (Å²) >= 11 is 2.78. The summed E-state index contributed by atoms with van der Waals surface area (Å²) in [7, 11) is 0. The summed E-state index contributed by atoms with van der Waals surface area (Å²) in [5, 5.41) is 9.21. The predicted molar refractivity (Wildman–Crippen MR) is 93.7 cm³/mol. The van der Waals surface area contributed by atoms with Crippen molar-refractivity contribution in [3.8, 4) is 11.4 Å². The van der Waals surface area contributed by atoms with Gasteiger partial charge in [0.2, 0.25) is 0 Å². The lowest BCUT2D eigenvalue weighted by molar-refractivity contribution is 0.496. The second-order valence-electron chi connectivity index (χ2n) is 5.72. The molecule has 0 atom stereocenters. The Morgan fingerprint density at radius 3 is 2.71 bits per heavy atom. The van der Waals surface area contributed by atoms with Gasteiger partial charge in [0.15, 0.2) is 15.3 Å². The van der Waals surface area contributed by atoms with Crippen LogP contribution < -0.4 is 0 Å². The zero-order chi connectivity index (χ0) is 17.1.